The van der Waals surface area contributed by atoms with Crippen LogP contribution in [0.3, 0.4) is 0 Å². The van der Waals surface area contributed by atoms with Crippen LogP contribution < -0.4 is 14.8 Å². The Morgan fingerprint density at radius 3 is 2.74 bits per heavy atom. The number of hydrogen-bond donors (Lipinski definition) is 1. The third kappa shape index (κ3) is 5.21. The molecule has 0 spiro atoms. The maximum atomic E-state index is 13.6. The Bertz CT molecular complexity index is 1040. The van der Waals surface area contributed by atoms with Crippen LogP contribution in [0.1, 0.15) is 12.0 Å². The largest absolute Gasteiger partial charge is 0.493 e. The molecule has 0 aliphatic carbocycles. The lowest BCUT2D eigenvalue weighted by atomic mass is 10.2. The summed E-state index contributed by atoms with van der Waals surface area (Å²) in [6.45, 7) is 6.80. The van der Waals surface area contributed by atoms with E-state index < -0.39 is 0 Å². The highest BCUT2D eigenvalue weighted by molar-refractivity contribution is 5.93. The van der Waals surface area contributed by atoms with Crippen LogP contribution in [0, 0.1) is 12.7 Å². The summed E-state index contributed by atoms with van der Waals surface area (Å²) < 4.78 is 30.6. The number of halogens is 1. The number of nitrogens with zero attached hydrogens (tertiary/aromatic N) is 3. The highest BCUT2D eigenvalue weighted by Crippen LogP contribution is 2.35. The van der Waals surface area contributed by atoms with Crippen LogP contribution in [0.25, 0.3) is 10.9 Å². The minimum Gasteiger partial charge on any atom is -0.493 e. The second-order valence-corrected chi connectivity index (χ2v) is 7.49. The molecule has 0 saturated carbocycles. The van der Waals surface area contributed by atoms with Crippen LogP contribution in [0.4, 0.5) is 15.9 Å². The summed E-state index contributed by atoms with van der Waals surface area (Å²) >= 11 is 0. The van der Waals surface area contributed by atoms with Crippen molar-refractivity contribution in [3.8, 4) is 11.5 Å². The fourth-order valence-corrected chi connectivity index (χ4v) is 3.59. The third-order valence-corrected chi connectivity index (χ3v) is 5.32. The van der Waals surface area contributed by atoms with Gasteiger partial charge in [-0.25, -0.2) is 14.4 Å². The van der Waals surface area contributed by atoms with Gasteiger partial charge in [-0.15, -0.1) is 0 Å². The minimum atomic E-state index is -0.240. The molecule has 1 aliphatic heterocycles. The average Bonchev–Trinajstić information content (AvgIpc) is 2.79. The van der Waals surface area contributed by atoms with E-state index in [0.717, 1.165) is 55.9 Å². The molecular weight excluding hydrogens is 399 g/mol. The van der Waals surface area contributed by atoms with E-state index in [4.69, 9.17) is 14.2 Å². The molecule has 3 aromatic rings. The molecule has 1 saturated heterocycles. The molecule has 8 heteroatoms. The highest BCUT2D eigenvalue weighted by atomic mass is 19.1. The van der Waals surface area contributed by atoms with Crippen LogP contribution in [0.15, 0.2) is 36.7 Å². The van der Waals surface area contributed by atoms with E-state index in [1.165, 1.54) is 12.4 Å². The van der Waals surface area contributed by atoms with E-state index in [2.05, 4.69) is 20.2 Å². The molecule has 1 aliphatic rings. The quantitative estimate of drug-likeness (QED) is 0.548. The van der Waals surface area contributed by atoms with Gasteiger partial charge in [-0.3, -0.25) is 4.90 Å². The molecule has 31 heavy (non-hydrogen) atoms. The van der Waals surface area contributed by atoms with E-state index in [0.29, 0.717) is 29.5 Å². The first-order valence-corrected chi connectivity index (χ1v) is 10.4. The lowest BCUT2D eigenvalue weighted by Crippen LogP contribution is -2.37. The summed E-state index contributed by atoms with van der Waals surface area (Å²) in [5, 5.41) is 4.06. The van der Waals surface area contributed by atoms with Gasteiger partial charge >= 0.3 is 0 Å². The van der Waals surface area contributed by atoms with Gasteiger partial charge in [0.2, 0.25) is 0 Å². The number of hydrogen-bond acceptors (Lipinski definition) is 7. The summed E-state index contributed by atoms with van der Waals surface area (Å²) in [6, 6.07) is 8.60. The first kappa shape index (κ1) is 21.3. The van der Waals surface area contributed by atoms with Crippen molar-refractivity contribution in [3.05, 3.63) is 48.0 Å². The van der Waals surface area contributed by atoms with Crippen molar-refractivity contribution < 1.29 is 18.6 Å². The number of rotatable bonds is 8. The molecule has 4 rings (SSSR count). The topological polar surface area (TPSA) is 68.7 Å². The maximum Gasteiger partial charge on any atom is 0.162 e. The normalized spacial score (nSPS) is 14.5. The number of aromatic nitrogens is 2. The van der Waals surface area contributed by atoms with Gasteiger partial charge in [-0.1, -0.05) is 0 Å². The average molecular weight is 426 g/mol. The van der Waals surface area contributed by atoms with Gasteiger partial charge in [0, 0.05) is 36.8 Å². The summed E-state index contributed by atoms with van der Waals surface area (Å²) in [5.41, 5.74) is 2.05. The minimum absolute atomic E-state index is 0.240. The standard InChI is InChI=1S/C23H27FN4O3/c1-16-12-17(4-5-19(16)24)27-23-18-13-22(21(29-2)14-20(18)25-15-26-23)31-9-3-6-28-7-10-30-11-8-28/h4-5,12-15H,3,6-11H2,1-2H3,(H,25,26,27). The zero-order valence-corrected chi connectivity index (χ0v) is 17.9. The molecule has 0 bridgehead atoms. The van der Waals surface area contributed by atoms with Crippen LogP contribution in [-0.2, 0) is 4.74 Å². The summed E-state index contributed by atoms with van der Waals surface area (Å²) in [6.07, 6.45) is 2.40. The molecule has 1 fully saturated rings. The van der Waals surface area contributed by atoms with E-state index in [1.807, 2.05) is 12.1 Å². The fraction of sp³-hybridized carbons (Fsp3) is 0.391. The lowest BCUT2D eigenvalue weighted by molar-refractivity contribution is 0.0357. The molecular formula is C23H27FN4O3. The highest BCUT2D eigenvalue weighted by Gasteiger charge is 2.13. The number of nitrogens with one attached hydrogen (secondary N) is 1. The van der Waals surface area contributed by atoms with Gasteiger partial charge in [0.1, 0.15) is 18.0 Å². The second-order valence-electron chi connectivity index (χ2n) is 7.49. The lowest BCUT2D eigenvalue weighted by Gasteiger charge is -2.26. The number of anilines is 2. The number of aryl methyl sites for hydroxylation is 1. The van der Waals surface area contributed by atoms with E-state index in [1.54, 1.807) is 26.2 Å². The van der Waals surface area contributed by atoms with E-state index >= 15 is 0 Å². The molecule has 0 atom stereocenters. The van der Waals surface area contributed by atoms with Crippen molar-refractivity contribution in [2.24, 2.45) is 0 Å². The monoisotopic (exact) mass is 426 g/mol. The number of benzene rings is 2. The van der Waals surface area contributed by atoms with E-state index in [-0.39, 0.29) is 5.82 Å². The predicted molar refractivity (Wildman–Crippen MR) is 118 cm³/mol. The van der Waals surface area contributed by atoms with Gasteiger partial charge in [0.25, 0.3) is 0 Å². The first-order chi connectivity index (χ1) is 15.1. The molecule has 0 radical (unpaired) electrons. The predicted octanol–water partition coefficient (Wildman–Crippen LogP) is 3.93. The van der Waals surface area contributed by atoms with Crippen LogP contribution in [0.5, 0.6) is 11.5 Å². The molecule has 2 aromatic carbocycles. The molecule has 2 heterocycles. The number of methoxy groups -OCH3 is 1. The Morgan fingerprint density at radius 2 is 1.97 bits per heavy atom. The van der Waals surface area contributed by atoms with Crippen molar-refractivity contribution in [1.82, 2.24) is 14.9 Å². The third-order valence-electron chi connectivity index (χ3n) is 5.32. The number of morpholine rings is 1. The van der Waals surface area contributed by atoms with Crippen LogP contribution >= 0.6 is 0 Å². The molecule has 0 unspecified atom stereocenters. The number of fused-ring (bicyclic) bond motifs is 1. The molecule has 1 aromatic heterocycles. The Balaban J connectivity index is 1.51. The maximum absolute atomic E-state index is 13.6. The summed E-state index contributed by atoms with van der Waals surface area (Å²) in [7, 11) is 1.61. The second kappa shape index (κ2) is 9.89. The molecule has 0 amide bonds. The van der Waals surface area contributed by atoms with Crippen molar-refractivity contribution in [3.63, 3.8) is 0 Å². The Morgan fingerprint density at radius 1 is 1.13 bits per heavy atom. The van der Waals surface area contributed by atoms with Crippen molar-refractivity contribution in [2.45, 2.75) is 13.3 Å². The fourth-order valence-electron chi connectivity index (χ4n) is 3.59. The van der Waals surface area contributed by atoms with Gasteiger partial charge in [0.05, 0.1) is 32.4 Å². The van der Waals surface area contributed by atoms with Gasteiger partial charge in [-0.05, 0) is 43.2 Å². The Hall–Kier alpha value is -2.97. The molecule has 7 nitrogen and oxygen atoms in total. The number of ether oxygens (including phenoxy) is 3. The SMILES string of the molecule is COc1cc2ncnc(Nc3ccc(F)c(C)c3)c2cc1OCCCN1CCOCC1. The Kier molecular flexibility index (Phi) is 6.79. The summed E-state index contributed by atoms with van der Waals surface area (Å²) in [5.74, 6) is 1.65. The smallest absolute Gasteiger partial charge is 0.162 e. The van der Waals surface area contributed by atoms with Gasteiger partial charge < -0.3 is 19.5 Å². The summed E-state index contributed by atoms with van der Waals surface area (Å²) in [4.78, 5) is 11.1. The first-order valence-electron chi connectivity index (χ1n) is 10.4. The van der Waals surface area contributed by atoms with Crippen molar-refractivity contribution >= 4 is 22.4 Å². The van der Waals surface area contributed by atoms with Crippen molar-refractivity contribution in [1.29, 1.82) is 0 Å². The Labute approximate surface area is 181 Å². The van der Waals surface area contributed by atoms with E-state index in [9.17, 15) is 4.39 Å². The van der Waals surface area contributed by atoms with Crippen molar-refractivity contribution in [2.75, 3.05) is 51.9 Å². The van der Waals surface area contributed by atoms with Gasteiger partial charge in [-0.2, -0.15) is 0 Å². The van der Waals surface area contributed by atoms with Crippen LogP contribution in [0.2, 0.25) is 0 Å². The molecule has 1 N–H and O–H groups in total. The van der Waals surface area contributed by atoms with Crippen LogP contribution in [-0.4, -0.2) is 61.4 Å². The van der Waals surface area contributed by atoms with Gasteiger partial charge in [0.15, 0.2) is 11.5 Å². The molecule has 164 valence electrons. The zero-order valence-electron chi connectivity index (χ0n) is 17.9. The zero-order chi connectivity index (χ0) is 21.6.